The lowest BCUT2D eigenvalue weighted by molar-refractivity contribution is -0.384. The molecule has 0 N–H and O–H groups in total. The number of hydrogen-bond donors (Lipinski definition) is 0. The fourth-order valence-electron chi connectivity index (χ4n) is 3.16. The van der Waals surface area contributed by atoms with E-state index >= 15 is 0 Å². The van der Waals surface area contributed by atoms with E-state index in [-0.39, 0.29) is 10.6 Å². The molecule has 3 aromatic carbocycles. The molecule has 0 amide bonds. The molecular weight excluding hydrogens is 438 g/mol. The second-order valence-electron chi connectivity index (χ2n) is 6.91. The van der Waals surface area contributed by atoms with E-state index in [9.17, 15) is 18.5 Å². The summed E-state index contributed by atoms with van der Waals surface area (Å²) >= 11 is 6.02. The van der Waals surface area contributed by atoms with Gasteiger partial charge in [0.15, 0.2) is 9.84 Å². The molecule has 0 aliphatic heterocycles. The summed E-state index contributed by atoms with van der Waals surface area (Å²) in [4.78, 5) is 10.9. The minimum absolute atomic E-state index is 0.0300. The van der Waals surface area contributed by atoms with Crippen LogP contribution in [0.4, 0.5) is 5.69 Å². The summed E-state index contributed by atoms with van der Waals surface area (Å²) < 4.78 is 25.2. The van der Waals surface area contributed by atoms with E-state index in [1.807, 2.05) is 18.2 Å². The molecule has 4 rings (SSSR count). The number of nitro benzene ring substituents is 1. The van der Waals surface area contributed by atoms with Gasteiger partial charge in [0, 0.05) is 34.5 Å². The smallest absolute Gasteiger partial charge is 0.258 e. The zero-order valence-corrected chi connectivity index (χ0v) is 17.8. The van der Waals surface area contributed by atoms with Crippen LogP contribution in [0.2, 0.25) is 5.02 Å². The fourth-order valence-corrected chi connectivity index (χ4v) is 3.92. The van der Waals surface area contributed by atoms with Crippen LogP contribution in [0, 0.1) is 10.1 Å². The number of nitro groups is 1. The zero-order chi connectivity index (χ0) is 22.2. The van der Waals surface area contributed by atoms with E-state index in [1.54, 1.807) is 41.1 Å². The topological polar surface area (TPSA) is 95.1 Å². The zero-order valence-electron chi connectivity index (χ0n) is 16.3. The van der Waals surface area contributed by atoms with Crippen molar-refractivity contribution in [2.24, 2.45) is 0 Å². The average molecular weight is 454 g/mol. The Labute approximate surface area is 183 Å². The first kappa shape index (κ1) is 20.8. The van der Waals surface area contributed by atoms with Gasteiger partial charge < -0.3 is 0 Å². The van der Waals surface area contributed by atoms with Crippen LogP contribution < -0.4 is 0 Å². The van der Waals surface area contributed by atoms with Crippen molar-refractivity contribution in [3.05, 3.63) is 94.0 Å². The van der Waals surface area contributed by atoms with Crippen molar-refractivity contribution in [1.82, 2.24) is 9.78 Å². The van der Waals surface area contributed by atoms with Gasteiger partial charge in [-0.1, -0.05) is 35.9 Å². The molecule has 0 radical (unpaired) electrons. The maximum atomic E-state index is 11.8. The molecule has 0 fully saturated rings. The molecule has 1 heterocycles. The Balaban J connectivity index is 1.88. The molecule has 1 aromatic heterocycles. The van der Waals surface area contributed by atoms with E-state index in [0.717, 1.165) is 17.5 Å². The summed E-state index contributed by atoms with van der Waals surface area (Å²) in [6.07, 6.45) is 1.15. The van der Waals surface area contributed by atoms with E-state index in [1.165, 1.54) is 24.3 Å². The van der Waals surface area contributed by atoms with Crippen molar-refractivity contribution in [2.45, 2.75) is 4.90 Å². The normalized spacial score (nSPS) is 11.4. The Kier molecular flexibility index (Phi) is 5.34. The van der Waals surface area contributed by atoms with Gasteiger partial charge in [0.2, 0.25) is 0 Å². The van der Waals surface area contributed by atoms with Gasteiger partial charge in [0.05, 0.1) is 26.9 Å². The van der Waals surface area contributed by atoms with E-state index in [2.05, 4.69) is 5.10 Å². The van der Waals surface area contributed by atoms with Crippen molar-refractivity contribution in [3.8, 4) is 28.2 Å². The first-order valence-electron chi connectivity index (χ1n) is 9.14. The fraction of sp³-hybridized carbons (Fsp3) is 0.0455. The van der Waals surface area contributed by atoms with Gasteiger partial charge in [-0.25, -0.2) is 13.1 Å². The Morgan fingerprint density at radius 3 is 2.23 bits per heavy atom. The Morgan fingerprint density at radius 1 is 0.935 bits per heavy atom. The molecule has 0 saturated carbocycles. The minimum Gasteiger partial charge on any atom is -0.258 e. The number of rotatable bonds is 5. The largest absolute Gasteiger partial charge is 0.270 e. The molecule has 0 spiro atoms. The molecule has 0 aliphatic rings. The number of benzene rings is 3. The Morgan fingerprint density at radius 2 is 1.61 bits per heavy atom. The first-order chi connectivity index (χ1) is 14.7. The van der Waals surface area contributed by atoms with Crippen LogP contribution in [-0.4, -0.2) is 29.4 Å². The predicted octanol–water partition coefficient (Wildman–Crippen LogP) is 5.17. The number of halogens is 1. The highest BCUT2D eigenvalue weighted by Crippen LogP contribution is 2.31. The monoisotopic (exact) mass is 453 g/mol. The average Bonchev–Trinajstić information content (AvgIpc) is 3.19. The van der Waals surface area contributed by atoms with Crippen molar-refractivity contribution >= 4 is 27.1 Å². The number of nitrogens with zero attached hydrogens (tertiary/aromatic N) is 3. The third-order valence-corrected chi connectivity index (χ3v) is 6.09. The third kappa shape index (κ3) is 4.35. The predicted molar refractivity (Wildman–Crippen MR) is 119 cm³/mol. The number of hydrogen-bond acceptors (Lipinski definition) is 5. The maximum Gasteiger partial charge on any atom is 0.270 e. The molecule has 0 unspecified atom stereocenters. The minimum atomic E-state index is -3.33. The van der Waals surface area contributed by atoms with Crippen molar-refractivity contribution in [3.63, 3.8) is 0 Å². The molecule has 31 heavy (non-hydrogen) atoms. The molecule has 0 atom stereocenters. The molecule has 156 valence electrons. The van der Waals surface area contributed by atoms with Crippen LogP contribution in [-0.2, 0) is 9.84 Å². The summed E-state index contributed by atoms with van der Waals surface area (Å²) in [6, 6.07) is 21.6. The summed E-state index contributed by atoms with van der Waals surface area (Å²) in [5.74, 6) is 0. The molecule has 0 aliphatic carbocycles. The van der Waals surface area contributed by atoms with Crippen LogP contribution in [0.5, 0.6) is 0 Å². The molecule has 0 bridgehead atoms. The van der Waals surface area contributed by atoms with Gasteiger partial charge >= 0.3 is 0 Å². The number of non-ortho nitro benzene ring substituents is 1. The van der Waals surface area contributed by atoms with Crippen LogP contribution >= 0.6 is 11.6 Å². The Bertz CT molecular complexity index is 1380. The van der Waals surface area contributed by atoms with Crippen molar-refractivity contribution in [1.29, 1.82) is 0 Å². The van der Waals surface area contributed by atoms with Gasteiger partial charge in [-0.15, -0.1) is 0 Å². The second kappa shape index (κ2) is 7.98. The van der Waals surface area contributed by atoms with Crippen molar-refractivity contribution in [2.75, 3.05) is 6.26 Å². The molecule has 4 aromatic rings. The van der Waals surface area contributed by atoms with Crippen LogP contribution in [0.15, 0.2) is 83.8 Å². The summed E-state index contributed by atoms with van der Waals surface area (Å²) in [7, 11) is -3.33. The molecular formula is C22H16ClN3O4S. The van der Waals surface area contributed by atoms with Crippen LogP contribution in [0.25, 0.3) is 28.2 Å². The quantitative estimate of drug-likeness (QED) is 0.307. The summed E-state index contributed by atoms with van der Waals surface area (Å²) in [5.41, 5.74) is 3.31. The summed E-state index contributed by atoms with van der Waals surface area (Å²) in [5, 5.41) is 16.4. The van der Waals surface area contributed by atoms with Gasteiger partial charge in [-0.3, -0.25) is 10.1 Å². The van der Waals surface area contributed by atoms with Gasteiger partial charge in [0.1, 0.15) is 0 Å². The lowest BCUT2D eigenvalue weighted by Crippen LogP contribution is -2.01. The number of aromatic nitrogens is 2. The van der Waals surface area contributed by atoms with Gasteiger partial charge in [-0.2, -0.15) is 5.10 Å². The van der Waals surface area contributed by atoms with E-state index < -0.39 is 14.8 Å². The van der Waals surface area contributed by atoms with E-state index in [4.69, 9.17) is 11.6 Å². The SMILES string of the molecule is CS(=O)(=O)c1ccc(-n2nc(-c3cccc([N+](=O)[O-])c3)cc2-c2ccc(Cl)cc2)cc1. The summed E-state index contributed by atoms with van der Waals surface area (Å²) in [6.45, 7) is 0. The standard InChI is InChI=1S/C22H16ClN3O4S/c1-31(29,30)20-11-9-18(10-12-20)25-22(15-5-7-17(23)8-6-15)14-21(24-25)16-3-2-4-19(13-16)26(27)28/h2-14H,1H3. The van der Waals surface area contributed by atoms with Crippen LogP contribution in [0.3, 0.4) is 0 Å². The van der Waals surface area contributed by atoms with Crippen molar-refractivity contribution < 1.29 is 13.3 Å². The lowest BCUT2D eigenvalue weighted by Gasteiger charge is -2.08. The highest BCUT2D eigenvalue weighted by molar-refractivity contribution is 7.90. The Hall–Kier alpha value is -3.49. The maximum absolute atomic E-state index is 11.8. The van der Waals surface area contributed by atoms with Crippen LogP contribution in [0.1, 0.15) is 0 Å². The van der Waals surface area contributed by atoms with Gasteiger partial charge in [0.25, 0.3) is 5.69 Å². The first-order valence-corrected chi connectivity index (χ1v) is 11.4. The molecule has 7 nitrogen and oxygen atoms in total. The highest BCUT2D eigenvalue weighted by atomic mass is 35.5. The number of sulfone groups is 1. The molecule has 0 saturated heterocycles. The van der Waals surface area contributed by atoms with Gasteiger partial charge in [-0.05, 0) is 42.5 Å². The molecule has 9 heteroatoms. The highest BCUT2D eigenvalue weighted by Gasteiger charge is 2.16. The lowest BCUT2D eigenvalue weighted by atomic mass is 10.1. The third-order valence-electron chi connectivity index (χ3n) is 4.71. The van der Waals surface area contributed by atoms with E-state index in [0.29, 0.717) is 22.0 Å². The second-order valence-corrected chi connectivity index (χ2v) is 9.36.